The Bertz CT molecular complexity index is 921. The summed E-state index contributed by atoms with van der Waals surface area (Å²) in [5, 5.41) is 2.88. The average Bonchev–Trinajstić information content (AvgIpc) is 3.26. The summed E-state index contributed by atoms with van der Waals surface area (Å²) < 4.78 is 37.3. The van der Waals surface area contributed by atoms with Gasteiger partial charge in [-0.2, -0.15) is 4.31 Å². The van der Waals surface area contributed by atoms with Crippen LogP contribution in [0.4, 0.5) is 0 Å². The first kappa shape index (κ1) is 21.3. The minimum absolute atomic E-state index is 0.0926. The highest BCUT2D eigenvalue weighted by molar-refractivity contribution is 7.89. The number of carbonyl (C=O) groups excluding carboxylic acids is 1. The van der Waals surface area contributed by atoms with Crippen molar-refractivity contribution in [2.45, 2.75) is 30.4 Å². The maximum atomic E-state index is 12.7. The zero-order valence-electron chi connectivity index (χ0n) is 16.6. The van der Waals surface area contributed by atoms with Crippen molar-refractivity contribution in [2.24, 2.45) is 0 Å². The van der Waals surface area contributed by atoms with E-state index in [0.717, 1.165) is 25.0 Å². The zero-order chi connectivity index (χ0) is 20.9. The fraction of sp³-hybridized carbons (Fsp3) is 0.381. The Balaban J connectivity index is 1.59. The first-order valence-corrected chi connectivity index (χ1v) is 10.9. The molecule has 2 aromatic rings. The quantitative estimate of drug-likeness (QED) is 0.712. The van der Waals surface area contributed by atoms with Crippen LogP contribution in [0, 0.1) is 0 Å². The summed E-state index contributed by atoms with van der Waals surface area (Å²) in [5.41, 5.74) is 1.33. The third-order valence-electron chi connectivity index (χ3n) is 4.90. The van der Waals surface area contributed by atoms with Crippen LogP contribution in [0.25, 0.3) is 0 Å². The molecule has 1 saturated heterocycles. The zero-order valence-corrected chi connectivity index (χ0v) is 17.4. The van der Waals surface area contributed by atoms with E-state index in [1.807, 2.05) is 0 Å². The van der Waals surface area contributed by atoms with E-state index in [0.29, 0.717) is 17.9 Å². The summed E-state index contributed by atoms with van der Waals surface area (Å²) >= 11 is 0. The van der Waals surface area contributed by atoms with E-state index in [-0.39, 0.29) is 23.5 Å². The Hall–Kier alpha value is -2.42. The molecule has 0 aliphatic carbocycles. The van der Waals surface area contributed by atoms with Crippen LogP contribution in [0.3, 0.4) is 0 Å². The van der Waals surface area contributed by atoms with Gasteiger partial charge < -0.3 is 14.8 Å². The Morgan fingerprint density at radius 2 is 1.86 bits per heavy atom. The molecular weight excluding hydrogens is 392 g/mol. The number of sulfonamides is 1. The largest absolute Gasteiger partial charge is 0.497 e. The van der Waals surface area contributed by atoms with E-state index >= 15 is 0 Å². The van der Waals surface area contributed by atoms with Gasteiger partial charge in [-0.3, -0.25) is 4.79 Å². The summed E-state index contributed by atoms with van der Waals surface area (Å²) in [4.78, 5) is 12.4. The molecular formula is C21H26N2O5S. The van der Waals surface area contributed by atoms with Crippen molar-refractivity contribution in [3.63, 3.8) is 0 Å². The Morgan fingerprint density at radius 3 is 2.45 bits per heavy atom. The van der Waals surface area contributed by atoms with Crippen LogP contribution in [0.5, 0.6) is 5.75 Å². The Kier molecular flexibility index (Phi) is 6.89. The first-order chi connectivity index (χ1) is 13.9. The SMILES string of the molecule is COc1ccc(S(=O)(=O)N(C)Cc2ccc(C(=O)NC[C@H]3CCCO3)cc2)cc1. The van der Waals surface area contributed by atoms with E-state index in [1.54, 1.807) is 36.4 Å². The highest BCUT2D eigenvalue weighted by atomic mass is 32.2. The lowest BCUT2D eigenvalue weighted by molar-refractivity contribution is 0.0858. The van der Waals surface area contributed by atoms with Crippen molar-refractivity contribution >= 4 is 15.9 Å². The molecule has 1 N–H and O–H groups in total. The average molecular weight is 419 g/mol. The van der Waals surface area contributed by atoms with Crippen LogP contribution in [-0.4, -0.2) is 52.0 Å². The van der Waals surface area contributed by atoms with Crippen molar-refractivity contribution in [3.05, 3.63) is 59.7 Å². The normalized spacial score (nSPS) is 16.7. The third kappa shape index (κ3) is 5.35. The fourth-order valence-electron chi connectivity index (χ4n) is 3.15. The summed E-state index contributed by atoms with van der Waals surface area (Å²) in [7, 11) is -0.563. The van der Waals surface area contributed by atoms with Gasteiger partial charge in [-0.25, -0.2) is 8.42 Å². The van der Waals surface area contributed by atoms with Crippen LogP contribution in [0.1, 0.15) is 28.8 Å². The number of benzene rings is 2. The molecule has 1 aliphatic heterocycles. The van der Waals surface area contributed by atoms with Crippen molar-refractivity contribution in [2.75, 3.05) is 27.3 Å². The van der Waals surface area contributed by atoms with Crippen LogP contribution in [0.15, 0.2) is 53.4 Å². The summed E-state index contributed by atoms with van der Waals surface area (Å²) in [6, 6.07) is 13.2. The minimum atomic E-state index is -3.62. The molecule has 3 rings (SSSR count). The van der Waals surface area contributed by atoms with E-state index < -0.39 is 10.0 Å². The van der Waals surface area contributed by atoms with Crippen LogP contribution in [0.2, 0.25) is 0 Å². The molecule has 0 spiro atoms. The lowest BCUT2D eigenvalue weighted by Gasteiger charge is -2.18. The van der Waals surface area contributed by atoms with E-state index in [4.69, 9.17) is 9.47 Å². The summed E-state index contributed by atoms with van der Waals surface area (Å²) in [6.45, 7) is 1.46. The number of hydrogen-bond acceptors (Lipinski definition) is 5. The van der Waals surface area contributed by atoms with Gasteiger partial charge in [-0.1, -0.05) is 12.1 Å². The van der Waals surface area contributed by atoms with Crippen LogP contribution in [-0.2, 0) is 21.3 Å². The summed E-state index contributed by atoms with van der Waals surface area (Å²) in [5.74, 6) is 0.436. The number of nitrogens with one attached hydrogen (secondary N) is 1. The molecule has 2 aromatic carbocycles. The van der Waals surface area contributed by atoms with Gasteiger partial charge in [0, 0.05) is 32.3 Å². The van der Waals surface area contributed by atoms with Gasteiger partial charge in [0.1, 0.15) is 5.75 Å². The number of rotatable bonds is 8. The van der Waals surface area contributed by atoms with Gasteiger partial charge in [0.15, 0.2) is 0 Å². The van der Waals surface area contributed by atoms with Gasteiger partial charge in [0.25, 0.3) is 5.91 Å². The number of carbonyl (C=O) groups is 1. The number of ether oxygens (including phenoxy) is 2. The predicted molar refractivity (Wildman–Crippen MR) is 109 cm³/mol. The molecule has 8 heteroatoms. The molecule has 0 saturated carbocycles. The van der Waals surface area contributed by atoms with Crippen molar-refractivity contribution in [1.29, 1.82) is 0 Å². The monoisotopic (exact) mass is 418 g/mol. The van der Waals surface area contributed by atoms with Gasteiger partial charge in [0.2, 0.25) is 10.0 Å². The topological polar surface area (TPSA) is 84.9 Å². The molecule has 7 nitrogen and oxygen atoms in total. The first-order valence-electron chi connectivity index (χ1n) is 9.49. The number of amides is 1. The second-order valence-corrected chi connectivity index (χ2v) is 9.02. The maximum Gasteiger partial charge on any atom is 0.251 e. The lowest BCUT2D eigenvalue weighted by atomic mass is 10.1. The standard InChI is InChI=1S/C21H26N2O5S/c1-23(29(25,26)20-11-9-18(27-2)10-12-20)15-16-5-7-17(8-6-16)21(24)22-14-19-4-3-13-28-19/h5-12,19H,3-4,13-15H2,1-2H3,(H,22,24)/t19-/m1/s1. The smallest absolute Gasteiger partial charge is 0.251 e. The molecule has 0 bridgehead atoms. The molecule has 0 radical (unpaired) electrons. The minimum Gasteiger partial charge on any atom is -0.497 e. The number of methoxy groups -OCH3 is 1. The predicted octanol–water partition coefficient (Wildman–Crippen LogP) is 2.42. The molecule has 29 heavy (non-hydrogen) atoms. The second-order valence-electron chi connectivity index (χ2n) is 6.98. The van der Waals surface area contributed by atoms with Crippen LogP contribution < -0.4 is 10.1 Å². The molecule has 1 amide bonds. The molecule has 0 aromatic heterocycles. The van der Waals surface area contributed by atoms with E-state index in [9.17, 15) is 13.2 Å². The number of nitrogens with zero attached hydrogens (tertiary/aromatic N) is 1. The maximum absolute atomic E-state index is 12.7. The van der Waals surface area contributed by atoms with Crippen molar-refractivity contribution < 1.29 is 22.7 Å². The van der Waals surface area contributed by atoms with E-state index in [1.165, 1.54) is 30.6 Å². The highest BCUT2D eigenvalue weighted by Gasteiger charge is 2.21. The lowest BCUT2D eigenvalue weighted by Crippen LogP contribution is -2.31. The second kappa shape index (κ2) is 9.39. The molecule has 1 atom stereocenters. The Labute approximate surface area is 171 Å². The summed E-state index contributed by atoms with van der Waals surface area (Å²) in [6.07, 6.45) is 2.09. The molecule has 1 aliphatic rings. The van der Waals surface area contributed by atoms with Crippen LogP contribution >= 0.6 is 0 Å². The Morgan fingerprint density at radius 1 is 1.17 bits per heavy atom. The van der Waals surface area contributed by atoms with Crippen molar-refractivity contribution in [3.8, 4) is 5.75 Å². The highest BCUT2D eigenvalue weighted by Crippen LogP contribution is 2.20. The fourth-order valence-corrected chi connectivity index (χ4v) is 4.30. The molecule has 1 heterocycles. The number of hydrogen-bond donors (Lipinski definition) is 1. The molecule has 156 valence electrons. The molecule has 0 unspecified atom stereocenters. The van der Waals surface area contributed by atoms with Gasteiger partial charge in [-0.15, -0.1) is 0 Å². The van der Waals surface area contributed by atoms with Gasteiger partial charge >= 0.3 is 0 Å². The molecule has 1 fully saturated rings. The third-order valence-corrected chi connectivity index (χ3v) is 6.72. The van der Waals surface area contributed by atoms with Gasteiger partial charge in [-0.05, 0) is 54.8 Å². The van der Waals surface area contributed by atoms with Gasteiger partial charge in [0.05, 0.1) is 18.1 Å². The van der Waals surface area contributed by atoms with E-state index in [2.05, 4.69) is 5.32 Å². The van der Waals surface area contributed by atoms with Crippen molar-refractivity contribution in [1.82, 2.24) is 9.62 Å².